The van der Waals surface area contributed by atoms with Gasteiger partial charge in [0.2, 0.25) is 0 Å². The predicted octanol–water partition coefficient (Wildman–Crippen LogP) is 3.66. The molecule has 1 N–H and O–H groups in total. The summed E-state index contributed by atoms with van der Waals surface area (Å²) in [5.41, 5.74) is 0.387. The number of hydrogen-bond acceptors (Lipinski definition) is 4. The van der Waals surface area contributed by atoms with Crippen LogP contribution in [0.15, 0.2) is 22.5 Å². The van der Waals surface area contributed by atoms with E-state index in [0.717, 1.165) is 51.9 Å². The average Bonchev–Trinajstić information content (AvgIpc) is 3.43. The van der Waals surface area contributed by atoms with Gasteiger partial charge in [-0.1, -0.05) is 6.07 Å². The molecule has 0 amide bonds. The van der Waals surface area contributed by atoms with Gasteiger partial charge in [0.1, 0.15) is 0 Å². The van der Waals surface area contributed by atoms with Gasteiger partial charge in [-0.15, -0.1) is 35.3 Å². The number of halogens is 1. The van der Waals surface area contributed by atoms with Gasteiger partial charge in [0.05, 0.1) is 6.61 Å². The quantitative estimate of drug-likeness (QED) is 0.367. The van der Waals surface area contributed by atoms with Crippen molar-refractivity contribution in [2.24, 2.45) is 16.3 Å². The molecule has 1 spiro atoms. The van der Waals surface area contributed by atoms with E-state index in [0.29, 0.717) is 11.3 Å². The molecule has 3 aliphatic heterocycles. The Hall–Kier alpha value is -0.380. The second-order valence-electron chi connectivity index (χ2n) is 8.49. The summed E-state index contributed by atoms with van der Waals surface area (Å²) in [7, 11) is 0. The summed E-state index contributed by atoms with van der Waals surface area (Å²) in [6, 6.07) is 4.41. The summed E-state index contributed by atoms with van der Waals surface area (Å²) in [6.07, 6.45) is 5.06. The normalized spacial score (nSPS) is 28.7. The van der Waals surface area contributed by atoms with Crippen LogP contribution >= 0.6 is 35.3 Å². The Morgan fingerprint density at radius 2 is 2.32 bits per heavy atom. The smallest absolute Gasteiger partial charge is 0.193 e. The van der Waals surface area contributed by atoms with E-state index in [1.54, 1.807) is 0 Å². The summed E-state index contributed by atoms with van der Waals surface area (Å²) < 4.78 is 5.69. The zero-order chi connectivity index (χ0) is 18.5. The monoisotopic (exact) mass is 518 g/mol. The first kappa shape index (κ1) is 22.3. The van der Waals surface area contributed by atoms with Gasteiger partial charge in [0.25, 0.3) is 0 Å². The van der Waals surface area contributed by atoms with Crippen LogP contribution in [-0.2, 0) is 11.3 Å². The van der Waals surface area contributed by atoms with E-state index in [1.807, 2.05) is 11.3 Å². The molecule has 3 saturated heterocycles. The largest absolute Gasteiger partial charge is 0.381 e. The van der Waals surface area contributed by atoms with Gasteiger partial charge >= 0.3 is 0 Å². The van der Waals surface area contributed by atoms with Crippen molar-refractivity contribution in [2.45, 2.75) is 39.2 Å². The minimum atomic E-state index is 0. The van der Waals surface area contributed by atoms with Gasteiger partial charge in [0.15, 0.2) is 5.96 Å². The van der Waals surface area contributed by atoms with Crippen LogP contribution in [0.3, 0.4) is 0 Å². The average molecular weight is 519 g/mol. The number of ether oxygens (including phenoxy) is 1. The lowest BCUT2D eigenvalue weighted by molar-refractivity contribution is 0.156. The fraction of sp³-hybridized carbons (Fsp3) is 0.762. The number of piperidine rings is 1. The van der Waals surface area contributed by atoms with Gasteiger partial charge < -0.3 is 15.0 Å². The van der Waals surface area contributed by atoms with E-state index >= 15 is 0 Å². The van der Waals surface area contributed by atoms with Crippen LogP contribution in [0, 0.1) is 11.3 Å². The van der Waals surface area contributed by atoms with Crippen molar-refractivity contribution >= 4 is 41.3 Å². The van der Waals surface area contributed by atoms with E-state index in [-0.39, 0.29) is 24.0 Å². The molecule has 158 valence electrons. The number of rotatable bonds is 5. The van der Waals surface area contributed by atoms with Gasteiger partial charge in [-0.05, 0) is 56.5 Å². The molecule has 2 unspecified atom stereocenters. The number of aliphatic imine (C=N–C) groups is 1. The third kappa shape index (κ3) is 5.61. The van der Waals surface area contributed by atoms with Crippen LogP contribution < -0.4 is 5.32 Å². The van der Waals surface area contributed by atoms with Gasteiger partial charge in [0, 0.05) is 56.2 Å². The molecular formula is C21H35IN4OS. The van der Waals surface area contributed by atoms with E-state index in [1.165, 1.54) is 43.6 Å². The number of thiophene rings is 1. The lowest BCUT2D eigenvalue weighted by Crippen LogP contribution is -2.42. The Bertz CT molecular complexity index is 618. The molecule has 7 heteroatoms. The van der Waals surface area contributed by atoms with Crippen molar-refractivity contribution in [2.75, 3.05) is 52.5 Å². The third-order valence-electron chi connectivity index (χ3n) is 6.32. The first-order chi connectivity index (χ1) is 13.3. The van der Waals surface area contributed by atoms with Crippen molar-refractivity contribution in [3.63, 3.8) is 0 Å². The Labute approximate surface area is 190 Å². The summed E-state index contributed by atoms with van der Waals surface area (Å²) in [5, 5.41) is 5.72. The minimum absolute atomic E-state index is 0. The van der Waals surface area contributed by atoms with Crippen LogP contribution in [0.2, 0.25) is 0 Å². The molecule has 0 aromatic carbocycles. The van der Waals surface area contributed by atoms with Crippen LogP contribution in [0.25, 0.3) is 0 Å². The third-order valence-corrected chi connectivity index (χ3v) is 7.18. The highest BCUT2D eigenvalue weighted by molar-refractivity contribution is 14.0. The summed E-state index contributed by atoms with van der Waals surface area (Å²) in [4.78, 5) is 11.6. The predicted molar refractivity (Wildman–Crippen MR) is 128 cm³/mol. The molecule has 3 aliphatic rings. The van der Waals surface area contributed by atoms with Crippen LogP contribution in [-0.4, -0.2) is 68.2 Å². The lowest BCUT2D eigenvalue weighted by Gasteiger charge is -2.32. The summed E-state index contributed by atoms with van der Waals surface area (Å²) >= 11 is 1.87. The highest BCUT2D eigenvalue weighted by Crippen LogP contribution is 2.38. The molecule has 0 saturated carbocycles. The number of hydrogen-bond donors (Lipinski definition) is 1. The standard InChI is InChI=1S/C21H34N4OS.HI/c1-2-22-20(25-10-7-21(16-25)8-11-26-17-21)23-13-18-5-3-9-24(14-18)15-19-6-4-12-27-19;/h4,6,12,18H,2-3,5,7-11,13-17H2,1H3,(H,22,23);1H. The number of likely N-dealkylation sites (tertiary alicyclic amines) is 2. The van der Waals surface area contributed by atoms with Crippen LogP contribution in [0.5, 0.6) is 0 Å². The summed E-state index contributed by atoms with van der Waals surface area (Å²) in [6.45, 7) is 11.7. The van der Waals surface area contributed by atoms with E-state index in [4.69, 9.17) is 9.73 Å². The molecule has 5 nitrogen and oxygen atoms in total. The first-order valence-electron chi connectivity index (χ1n) is 10.6. The highest BCUT2D eigenvalue weighted by atomic mass is 127. The zero-order valence-corrected chi connectivity index (χ0v) is 20.2. The van der Waals surface area contributed by atoms with Gasteiger partial charge in [-0.25, -0.2) is 0 Å². The molecule has 0 radical (unpaired) electrons. The fourth-order valence-electron chi connectivity index (χ4n) is 4.80. The molecule has 1 aromatic rings. The molecule has 4 heterocycles. The van der Waals surface area contributed by atoms with E-state index in [2.05, 4.69) is 39.6 Å². The molecule has 2 atom stereocenters. The van der Waals surface area contributed by atoms with Gasteiger partial charge in [-0.2, -0.15) is 0 Å². The van der Waals surface area contributed by atoms with Crippen molar-refractivity contribution in [1.82, 2.24) is 15.1 Å². The topological polar surface area (TPSA) is 40.1 Å². The van der Waals surface area contributed by atoms with E-state index < -0.39 is 0 Å². The molecule has 28 heavy (non-hydrogen) atoms. The first-order valence-corrected chi connectivity index (χ1v) is 11.5. The Morgan fingerprint density at radius 3 is 3.07 bits per heavy atom. The van der Waals surface area contributed by atoms with Gasteiger partial charge in [-0.3, -0.25) is 9.89 Å². The SMILES string of the molecule is CCNC(=NCC1CCCN(Cc2cccs2)C1)N1CCC2(CCOC2)C1.I. The molecule has 3 fully saturated rings. The molecule has 1 aromatic heterocycles. The second-order valence-corrected chi connectivity index (χ2v) is 9.52. The maximum atomic E-state index is 5.69. The molecular weight excluding hydrogens is 483 g/mol. The van der Waals surface area contributed by atoms with Crippen molar-refractivity contribution in [1.29, 1.82) is 0 Å². The maximum Gasteiger partial charge on any atom is 0.193 e. The second kappa shape index (κ2) is 10.6. The summed E-state index contributed by atoms with van der Waals surface area (Å²) in [5.74, 6) is 1.80. The highest BCUT2D eigenvalue weighted by Gasteiger charge is 2.42. The van der Waals surface area contributed by atoms with Crippen molar-refractivity contribution in [3.05, 3.63) is 22.4 Å². The Balaban J connectivity index is 0.00000225. The lowest BCUT2D eigenvalue weighted by atomic mass is 9.87. The van der Waals surface area contributed by atoms with Crippen molar-refractivity contribution < 1.29 is 4.74 Å². The zero-order valence-electron chi connectivity index (χ0n) is 17.1. The Morgan fingerprint density at radius 1 is 1.39 bits per heavy atom. The number of guanidine groups is 1. The van der Waals surface area contributed by atoms with E-state index in [9.17, 15) is 0 Å². The number of nitrogens with one attached hydrogen (secondary N) is 1. The maximum absolute atomic E-state index is 5.69. The van der Waals surface area contributed by atoms with Crippen molar-refractivity contribution in [3.8, 4) is 0 Å². The van der Waals surface area contributed by atoms with Crippen LogP contribution in [0.4, 0.5) is 0 Å². The molecule has 0 bridgehead atoms. The van der Waals surface area contributed by atoms with Crippen LogP contribution in [0.1, 0.15) is 37.5 Å². The number of nitrogens with zero attached hydrogens (tertiary/aromatic N) is 3. The Kier molecular flexibility index (Phi) is 8.44. The fourth-order valence-corrected chi connectivity index (χ4v) is 5.54. The minimum Gasteiger partial charge on any atom is -0.381 e. The molecule has 0 aliphatic carbocycles. The molecule has 4 rings (SSSR count).